The van der Waals surface area contributed by atoms with Gasteiger partial charge in [0.25, 0.3) is 0 Å². The van der Waals surface area contributed by atoms with Crippen molar-refractivity contribution in [2.75, 3.05) is 6.61 Å². The largest absolute Gasteiger partial charge is 0.493 e. The Morgan fingerprint density at radius 1 is 1.00 bits per heavy atom. The van der Waals surface area contributed by atoms with Crippen molar-refractivity contribution in [3.63, 3.8) is 0 Å². The van der Waals surface area contributed by atoms with E-state index in [2.05, 4.69) is 30.1 Å². The number of benzene rings is 2. The average Bonchev–Trinajstić information content (AvgIpc) is 2.97. The van der Waals surface area contributed by atoms with E-state index in [-0.39, 0.29) is 0 Å². The van der Waals surface area contributed by atoms with Gasteiger partial charge in [0, 0.05) is 12.0 Å². The summed E-state index contributed by atoms with van der Waals surface area (Å²) in [5.41, 5.74) is 3.28. The summed E-state index contributed by atoms with van der Waals surface area (Å²) < 4.78 is 11.7. The van der Waals surface area contributed by atoms with E-state index in [4.69, 9.17) is 9.15 Å². The summed E-state index contributed by atoms with van der Waals surface area (Å²) in [7, 11) is 0. The molecule has 0 aliphatic carbocycles. The second-order valence-electron chi connectivity index (χ2n) is 5.88. The predicted molar refractivity (Wildman–Crippen MR) is 96.3 cm³/mol. The van der Waals surface area contributed by atoms with Gasteiger partial charge < -0.3 is 9.15 Å². The maximum absolute atomic E-state index is 5.89. The molecule has 3 aromatic rings. The highest BCUT2D eigenvalue weighted by molar-refractivity contribution is 5.53. The maximum Gasteiger partial charge on any atom is 0.226 e. The van der Waals surface area contributed by atoms with Crippen molar-refractivity contribution in [1.82, 2.24) is 4.98 Å². The lowest BCUT2D eigenvalue weighted by molar-refractivity contribution is 0.319. The molecule has 2 aromatic carbocycles. The molecule has 1 aromatic heterocycles. The molecule has 0 spiro atoms. The van der Waals surface area contributed by atoms with E-state index in [0.717, 1.165) is 42.0 Å². The van der Waals surface area contributed by atoms with Crippen molar-refractivity contribution in [3.8, 4) is 17.2 Å². The number of hydrogen-bond acceptors (Lipinski definition) is 3. The van der Waals surface area contributed by atoms with E-state index in [0.29, 0.717) is 12.5 Å². The molecule has 124 valence electrons. The van der Waals surface area contributed by atoms with Crippen LogP contribution in [0.5, 0.6) is 5.75 Å². The summed E-state index contributed by atoms with van der Waals surface area (Å²) in [5, 5.41) is 0. The zero-order chi connectivity index (χ0) is 16.8. The minimum absolute atomic E-state index is 0.594. The van der Waals surface area contributed by atoms with Gasteiger partial charge in [-0.3, -0.25) is 0 Å². The van der Waals surface area contributed by atoms with E-state index in [1.165, 1.54) is 5.56 Å². The fraction of sp³-hybridized carbons (Fsp3) is 0.286. The Hall–Kier alpha value is -2.55. The van der Waals surface area contributed by atoms with Gasteiger partial charge in [-0.2, -0.15) is 0 Å². The quantitative estimate of drug-likeness (QED) is 0.598. The summed E-state index contributed by atoms with van der Waals surface area (Å²) in [4.78, 5) is 4.61. The Morgan fingerprint density at radius 3 is 2.62 bits per heavy atom. The minimum Gasteiger partial charge on any atom is -0.493 e. The van der Waals surface area contributed by atoms with Crippen molar-refractivity contribution in [3.05, 3.63) is 71.6 Å². The monoisotopic (exact) mass is 321 g/mol. The Bertz CT molecular complexity index is 778. The second kappa shape index (κ2) is 7.82. The van der Waals surface area contributed by atoms with Crippen LogP contribution in [0.1, 0.15) is 30.4 Å². The number of aromatic nitrogens is 1. The molecular formula is C21H23NO2. The average molecular weight is 321 g/mol. The highest BCUT2D eigenvalue weighted by atomic mass is 16.5. The normalized spacial score (nSPS) is 10.8. The van der Waals surface area contributed by atoms with Gasteiger partial charge in [-0.15, -0.1) is 0 Å². The van der Waals surface area contributed by atoms with Crippen LogP contribution in [0, 0.1) is 6.92 Å². The molecule has 0 amide bonds. The highest BCUT2D eigenvalue weighted by Gasteiger charge is 2.11. The minimum atomic E-state index is 0.594. The molecule has 0 N–H and O–H groups in total. The van der Waals surface area contributed by atoms with Crippen LogP contribution >= 0.6 is 0 Å². The van der Waals surface area contributed by atoms with E-state index < -0.39 is 0 Å². The van der Waals surface area contributed by atoms with Crippen molar-refractivity contribution in [1.29, 1.82) is 0 Å². The summed E-state index contributed by atoms with van der Waals surface area (Å²) in [6.07, 6.45) is 2.96. The molecule has 0 aliphatic heterocycles. The third kappa shape index (κ3) is 4.05. The van der Waals surface area contributed by atoms with Crippen molar-refractivity contribution in [2.45, 2.75) is 33.1 Å². The molecular weight excluding hydrogens is 298 g/mol. The van der Waals surface area contributed by atoms with E-state index in [9.17, 15) is 0 Å². The Balaban J connectivity index is 1.61. The molecule has 0 bridgehead atoms. The first-order valence-corrected chi connectivity index (χ1v) is 8.49. The molecule has 24 heavy (non-hydrogen) atoms. The van der Waals surface area contributed by atoms with Gasteiger partial charge >= 0.3 is 0 Å². The van der Waals surface area contributed by atoms with Crippen molar-refractivity contribution >= 4 is 0 Å². The lowest BCUT2D eigenvalue weighted by Crippen LogP contribution is -2.03. The fourth-order valence-electron chi connectivity index (χ4n) is 2.71. The highest BCUT2D eigenvalue weighted by Crippen LogP contribution is 2.22. The smallest absolute Gasteiger partial charge is 0.226 e. The SMILES string of the molecule is CCCc1cccc(OCCc2nc(-c3ccccc3)oc2C)c1. The van der Waals surface area contributed by atoms with Gasteiger partial charge in [0.1, 0.15) is 11.5 Å². The molecule has 0 aliphatic rings. The van der Waals surface area contributed by atoms with Gasteiger partial charge in [-0.1, -0.05) is 43.7 Å². The van der Waals surface area contributed by atoms with Crippen LogP contribution in [0.25, 0.3) is 11.5 Å². The van der Waals surface area contributed by atoms with E-state index in [1.54, 1.807) is 0 Å². The number of aryl methyl sites for hydroxylation is 2. The molecule has 0 atom stereocenters. The topological polar surface area (TPSA) is 35.3 Å². The van der Waals surface area contributed by atoms with E-state index in [1.807, 2.05) is 43.3 Å². The number of rotatable bonds is 7. The van der Waals surface area contributed by atoms with Gasteiger partial charge in [-0.25, -0.2) is 4.98 Å². The first kappa shape index (κ1) is 16.3. The van der Waals surface area contributed by atoms with Crippen LogP contribution in [0.2, 0.25) is 0 Å². The Morgan fingerprint density at radius 2 is 1.83 bits per heavy atom. The summed E-state index contributed by atoms with van der Waals surface area (Å²) in [6.45, 7) is 4.74. The first-order chi connectivity index (χ1) is 11.8. The first-order valence-electron chi connectivity index (χ1n) is 8.49. The number of ether oxygens (including phenoxy) is 1. The third-order valence-corrected chi connectivity index (χ3v) is 3.96. The molecule has 0 saturated heterocycles. The Kier molecular flexibility index (Phi) is 5.32. The summed E-state index contributed by atoms with van der Waals surface area (Å²) in [5.74, 6) is 2.45. The predicted octanol–water partition coefficient (Wildman–Crippen LogP) is 5.22. The summed E-state index contributed by atoms with van der Waals surface area (Å²) in [6, 6.07) is 18.3. The van der Waals surface area contributed by atoms with Gasteiger partial charge in [-0.05, 0) is 43.2 Å². The Labute approximate surface area is 143 Å². The molecule has 3 rings (SSSR count). The lowest BCUT2D eigenvalue weighted by Gasteiger charge is -2.07. The standard InChI is InChI=1S/C21H23NO2/c1-3-8-17-9-7-12-19(15-17)23-14-13-20-16(2)24-21(22-20)18-10-5-4-6-11-18/h4-7,9-12,15H,3,8,13-14H2,1-2H3. The number of hydrogen-bond donors (Lipinski definition) is 0. The van der Waals surface area contributed by atoms with Crippen molar-refractivity contribution < 1.29 is 9.15 Å². The lowest BCUT2D eigenvalue weighted by atomic mass is 10.1. The summed E-state index contributed by atoms with van der Waals surface area (Å²) >= 11 is 0. The van der Waals surface area contributed by atoms with Gasteiger partial charge in [0.05, 0.1) is 12.3 Å². The van der Waals surface area contributed by atoms with Gasteiger partial charge in [0.2, 0.25) is 5.89 Å². The van der Waals surface area contributed by atoms with Crippen LogP contribution in [0.4, 0.5) is 0 Å². The van der Waals surface area contributed by atoms with Crippen LogP contribution in [-0.4, -0.2) is 11.6 Å². The fourth-order valence-corrected chi connectivity index (χ4v) is 2.71. The van der Waals surface area contributed by atoms with Crippen LogP contribution in [0.15, 0.2) is 59.0 Å². The molecule has 0 fully saturated rings. The maximum atomic E-state index is 5.89. The van der Waals surface area contributed by atoms with Crippen LogP contribution in [-0.2, 0) is 12.8 Å². The van der Waals surface area contributed by atoms with Crippen LogP contribution in [0.3, 0.4) is 0 Å². The molecule has 1 heterocycles. The molecule has 3 nitrogen and oxygen atoms in total. The number of oxazole rings is 1. The van der Waals surface area contributed by atoms with Crippen molar-refractivity contribution in [2.24, 2.45) is 0 Å². The molecule has 0 saturated carbocycles. The molecule has 3 heteroatoms. The molecule has 0 radical (unpaired) electrons. The molecule has 0 unspecified atom stereocenters. The van der Waals surface area contributed by atoms with Crippen LogP contribution < -0.4 is 4.74 Å². The zero-order valence-electron chi connectivity index (χ0n) is 14.3. The third-order valence-electron chi connectivity index (χ3n) is 3.96. The number of nitrogens with zero attached hydrogens (tertiary/aromatic N) is 1. The van der Waals surface area contributed by atoms with E-state index >= 15 is 0 Å². The second-order valence-corrected chi connectivity index (χ2v) is 5.88. The zero-order valence-corrected chi connectivity index (χ0v) is 14.3. The van der Waals surface area contributed by atoms with Gasteiger partial charge in [0.15, 0.2) is 0 Å².